The molecule has 2 aliphatic rings. The van der Waals surface area contributed by atoms with Gasteiger partial charge in [0.15, 0.2) is 0 Å². The van der Waals surface area contributed by atoms with Gasteiger partial charge in [0.25, 0.3) is 0 Å². The van der Waals surface area contributed by atoms with Crippen molar-refractivity contribution >= 4 is 7.92 Å². The fourth-order valence-electron chi connectivity index (χ4n) is 2.96. The van der Waals surface area contributed by atoms with Gasteiger partial charge in [-0.05, 0) is 54.3 Å². The SMILES string of the molecule is CC(C)(C)[C@@H]1C[C@@H](C(C)(C)C)P1[C]1[CH][CH][CH][CH]1. The molecule has 1 aliphatic carbocycles. The highest BCUT2D eigenvalue weighted by Gasteiger charge is 2.53. The first-order valence-corrected chi connectivity index (χ1v) is 8.19. The molecule has 5 radical (unpaired) electrons. The molecule has 95 valence electrons. The largest absolute Gasteiger partial charge is 0.0913 e. The summed E-state index contributed by atoms with van der Waals surface area (Å²) in [5.74, 6) is 0. The van der Waals surface area contributed by atoms with Crippen molar-refractivity contribution in [1.29, 1.82) is 0 Å². The van der Waals surface area contributed by atoms with Crippen LogP contribution >= 0.6 is 7.92 Å². The van der Waals surface area contributed by atoms with Crippen LogP contribution in [0.4, 0.5) is 0 Å². The van der Waals surface area contributed by atoms with Crippen molar-refractivity contribution in [3.8, 4) is 0 Å². The Balaban J connectivity index is 2.13. The van der Waals surface area contributed by atoms with E-state index in [9.17, 15) is 0 Å². The van der Waals surface area contributed by atoms with Crippen molar-refractivity contribution in [2.45, 2.75) is 59.3 Å². The molecule has 2 fully saturated rings. The highest BCUT2D eigenvalue weighted by atomic mass is 31.1. The molecule has 0 spiro atoms. The summed E-state index contributed by atoms with van der Waals surface area (Å²) in [5, 5.41) is 0. The first-order chi connectivity index (χ1) is 7.71. The van der Waals surface area contributed by atoms with E-state index in [0.717, 1.165) is 11.3 Å². The van der Waals surface area contributed by atoms with Crippen LogP contribution in [-0.4, -0.2) is 11.3 Å². The second-order valence-electron chi connectivity index (χ2n) is 7.55. The summed E-state index contributed by atoms with van der Waals surface area (Å²) in [6, 6.07) is 0. The third-order valence-corrected chi connectivity index (χ3v) is 8.27. The summed E-state index contributed by atoms with van der Waals surface area (Å²) in [6.07, 6.45) is 10.5. The van der Waals surface area contributed by atoms with E-state index in [1.165, 1.54) is 6.42 Å². The third-order valence-electron chi connectivity index (χ3n) is 4.06. The zero-order chi connectivity index (χ0) is 12.8. The van der Waals surface area contributed by atoms with Gasteiger partial charge in [-0.1, -0.05) is 49.5 Å². The van der Waals surface area contributed by atoms with Gasteiger partial charge in [-0.25, -0.2) is 0 Å². The van der Waals surface area contributed by atoms with Crippen LogP contribution in [0.25, 0.3) is 0 Å². The summed E-state index contributed by atoms with van der Waals surface area (Å²) in [6.45, 7) is 14.5. The minimum Gasteiger partial charge on any atom is -0.0913 e. The zero-order valence-corrected chi connectivity index (χ0v) is 13.0. The molecule has 1 saturated carbocycles. The van der Waals surface area contributed by atoms with E-state index in [2.05, 4.69) is 67.2 Å². The van der Waals surface area contributed by atoms with Crippen molar-refractivity contribution in [2.75, 3.05) is 0 Å². The van der Waals surface area contributed by atoms with Crippen LogP contribution in [0.15, 0.2) is 0 Å². The molecular weight excluding hydrogens is 223 g/mol. The molecule has 0 aromatic rings. The Morgan fingerprint density at radius 3 is 1.65 bits per heavy atom. The zero-order valence-electron chi connectivity index (χ0n) is 12.1. The predicted molar refractivity (Wildman–Crippen MR) is 78.5 cm³/mol. The van der Waals surface area contributed by atoms with Crippen molar-refractivity contribution in [3.63, 3.8) is 0 Å². The molecule has 1 saturated heterocycles. The summed E-state index contributed by atoms with van der Waals surface area (Å²) >= 11 is 0. The van der Waals surface area contributed by atoms with Gasteiger partial charge in [0, 0.05) is 5.66 Å². The Bertz CT molecular complexity index is 242. The maximum absolute atomic E-state index is 2.41. The Morgan fingerprint density at radius 2 is 1.29 bits per heavy atom. The van der Waals surface area contributed by atoms with Crippen LogP contribution in [0.1, 0.15) is 48.0 Å². The fraction of sp³-hybridized carbons (Fsp3) is 0.688. The lowest BCUT2D eigenvalue weighted by Gasteiger charge is -2.58. The molecule has 17 heavy (non-hydrogen) atoms. The van der Waals surface area contributed by atoms with Gasteiger partial charge in [0.05, 0.1) is 0 Å². The number of hydrogen-bond acceptors (Lipinski definition) is 0. The molecule has 0 aromatic carbocycles. The first-order valence-electron chi connectivity index (χ1n) is 6.71. The highest BCUT2D eigenvalue weighted by molar-refractivity contribution is 7.64. The van der Waals surface area contributed by atoms with E-state index in [1.807, 2.05) is 0 Å². The molecular formula is C16H26P. The third kappa shape index (κ3) is 2.73. The summed E-state index contributed by atoms with van der Waals surface area (Å²) in [4.78, 5) is 0. The number of hydrogen-bond donors (Lipinski definition) is 0. The molecule has 2 rings (SSSR count). The summed E-state index contributed by atoms with van der Waals surface area (Å²) in [5.41, 5.74) is 4.37. The summed E-state index contributed by atoms with van der Waals surface area (Å²) in [7, 11) is 0.0412. The van der Waals surface area contributed by atoms with Crippen molar-refractivity contribution < 1.29 is 0 Å². The van der Waals surface area contributed by atoms with Gasteiger partial charge in [-0.2, -0.15) is 0 Å². The topological polar surface area (TPSA) is 0 Å². The quantitative estimate of drug-likeness (QED) is 0.569. The van der Waals surface area contributed by atoms with Crippen LogP contribution in [0.3, 0.4) is 0 Å². The van der Waals surface area contributed by atoms with Gasteiger partial charge in [0.2, 0.25) is 0 Å². The minimum atomic E-state index is 0.0412. The van der Waals surface area contributed by atoms with E-state index >= 15 is 0 Å². The standard InChI is InChI=1S/C16H26P/c1-15(2,3)13-11-14(16(4,5)6)17(13)12-9-7-8-10-12/h7-10,13-14H,11H2,1-6H3/t13-,14-/m0/s1. The maximum atomic E-state index is 2.41. The van der Waals surface area contributed by atoms with E-state index in [4.69, 9.17) is 0 Å². The van der Waals surface area contributed by atoms with Crippen molar-refractivity contribution in [2.24, 2.45) is 10.8 Å². The molecule has 1 heterocycles. The van der Waals surface area contributed by atoms with E-state index in [-0.39, 0.29) is 7.92 Å². The molecule has 1 heteroatoms. The highest BCUT2D eigenvalue weighted by Crippen LogP contribution is 2.75. The Morgan fingerprint density at radius 1 is 0.882 bits per heavy atom. The second-order valence-corrected chi connectivity index (χ2v) is 10.1. The van der Waals surface area contributed by atoms with Gasteiger partial charge in [-0.3, -0.25) is 0 Å². The molecule has 0 amide bonds. The molecule has 0 N–H and O–H groups in total. The molecule has 1 aliphatic heterocycles. The van der Waals surface area contributed by atoms with Crippen molar-refractivity contribution in [1.82, 2.24) is 0 Å². The molecule has 0 bridgehead atoms. The van der Waals surface area contributed by atoms with Gasteiger partial charge in [-0.15, -0.1) is 0 Å². The molecule has 2 atom stereocenters. The minimum absolute atomic E-state index is 0.0412. The Kier molecular flexibility index (Phi) is 3.68. The average molecular weight is 249 g/mol. The van der Waals surface area contributed by atoms with Crippen LogP contribution in [0, 0.1) is 42.2 Å². The number of rotatable bonds is 1. The lowest BCUT2D eigenvalue weighted by atomic mass is 9.81. The average Bonchev–Trinajstić information content (AvgIpc) is 2.48. The van der Waals surface area contributed by atoms with Crippen LogP contribution in [-0.2, 0) is 0 Å². The van der Waals surface area contributed by atoms with E-state index in [1.54, 1.807) is 5.66 Å². The smallest absolute Gasteiger partial charge is 0.00807 e. The van der Waals surface area contributed by atoms with E-state index < -0.39 is 0 Å². The van der Waals surface area contributed by atoms with Crippen LogP contribution in [0.2, 0.25) is 0 Å². The molecule has 0 aromatic heterocycles. The van der Waals surface area contributed by atoms with Crippen molar-refractivity contribution in [3.05, 3.63) is 31.3 Å². The second kappa shape index (κ2) is 4.52. The predicted octanol–water partition coefficient (Wildman–Crippen LogP) is 5.06. The Hall–Kier alpha value is 0.430. The van der Waals surface area contributed by atoms with Crippen LogP contribution < -0.4 is 0 Å². The lowest BCUT2D eigenvalue weighted by Crippen LogP contribution is -2.46. The van der Waals surface area contributed by atoms with E-state index in [0.29, 0.717) is 10.8 Å². The van der Waals surface area contributed by atoms with Gasteiger partial charge < -0.3 is 0 Å². The van der Waals surface area contributed by atoms with Gasteiger partial charge in [0.1, 0.15) is 0 Å². The van der Waals surface area contributed by atoms with Gasteiger partial charge >= 0.3 is 0 Å². The molecule has 0 nitrogen and oxygen atoms in total. The summed E-state index contributed by atoms with van der Waals surface area (Å²) < 4.78 is 0. The normalized spacial score (nSPS) is 32.8. The lowest BCUT2D eigenvalue weighted by molar-refractivity contribution is 0.278. The maximum Gasteiger partial charge on any atom is 0.00807 e. The monoisotopic (exact) mass is 249 g/mol. The fourth-order valence-corrected chi connectivity index (χ4v) is 6.78. The van der Waals surface area contributed by atoms with Crippen LogP contribution in [0.5, 0.6) is 0 Å². The Labute approximate surface area is 110 Å². The molecule has 0 unspecified atom stereocenters. The first kappa shape index (κ1) is 13.9.